The van der Waals surface area contributed by atoms with E-state index < -0.39 is 17.6 Å². The number of carbonyl (C=O) groups is 2. The van der Waals surface area contributed by atoms with Gasteiger partial charge in [0.25, 0.3) is 0 Å². The Morgan fingerprint density at radius 2 is 1.95 bits per heavy atom. The zero-order chi connectivity index (χ0) is 14.9. The standard InChI is InChI=1S/C14H12FNO4/c1-16-7-9(6-11(16)14(18)19)13(17)8-3-4-12(20-2)10(15)5-8/h3-7H,1-2H3,(H,18,19). The third-order valence-corrected chi connectivity index (χ3v) is 2.90. The number of rotatable bonds is 4. The number of hydrogen-bond donors (Lipinski definition) is 1. The first-order valence-corrected chi connectivity index (χ1v) is 5.72. The number of ether oxygens (including phenoxy) is 1. The average molecular weight is 277 g/mol. The summed E-state index contributed by atoms with van der Waals surface area (Å²) in [6.45, 7) is 0. The number of benzene rings is 1. The molecule has 0 aliphatic carbocycles. The molecule has 2 aromatic rings. The van der Waals surface area contributed by atoms with E-state index in [1.165, 1.54) is 43.1 Å². The number of carbonyl (C=O) groups excluding carboxylic acids is 1. The van der Waals surface area contributed by atoms with Gasteiger partial charge in [0.1, 0.15) is 5.69 Å². The monoisotopic (exact) mass is 277 g/mol. The van der Waals surface area contributed by atoms with Crippen LogP contribution in [0.4, 0.5) is 4.39 Å². The van der Waals surface area contributed by atoms with Crippen molar-refractivity contribution in [2.75, 3.05) is 7.11 Å². The lowest BCUT2D eigenvalue weighted by atomic mass is 10.1. The molecule has 0 spiro atoms. The van der Waals surface area contributed by atoms with Gasteiger partial charge in [-0.2, -0.15) is 0 Å². The molecule has 104 valence electrons. The molecule has 1 aromatic heterocycles. The third kappa shape index (κ3) is 2.40. The van der Waals surface area contributed by atoms with Gasteiger partial charge < -0.3 is 14.4 Å². The fourth-order valence-electron chi connectivity index (χ4n) is 1.88. The third-order valence-electron chi connectivity index (χ3n) is 2.90. The summed E-state index contributed by atoms with van der Waals surface area (Å²) in [6, 6.07) is 5.10. The molecule has 0 atom stereocenters. The fraction of sp³-hybridized carbons (Fsp3) is 0.143. The molecule has 6 heteroatoms. The van der Waals surface area contributed by atoms with Crippen LogP contribution in [-0.4, -0.2) is 28.5 Å². The van der Waals surface area contributed by atoms with Crippen molar-refractivity contribution in [3.05, 3.63) is 53.1 Å². The average Bonchev–Trinajstić information content (AvgIpc) is 2.80. The number of hydrogen-bond acceptors (Lipinski definition) is 3. The Bertz CT molecular complexity index is 690. The van der Waals surface area contributed by atoms with Crippen LogP contribution in [0.15, 0.2) is 30.5 Å². The van der Waals surface area contributed by atoms with E-state index in [0.717, 1.165) is 6.07 Å². The molecule has 1 N–H and O–H groups in total. The van der Waals surface area contributed by atoms with Crippen LogP contribution in [0.3, 0.4) is 0 Å². The minimum atomic E-state index is -1.13. The van der Waals surface area contributed by atoms with Crippen LogP contribution in [0.1, 0.15) is 26.4 Å². The lowest BCUT2D eigenvalue weighted by Crippen LogP contribution is -2.02. The number of aromatic carboxylic acids is 1. The largest absolute Gasteiger partial charge is 0.494 e. The normalized spacial score (nSPS) is 10.3. The Kier molecular flexibility index (Phi) is 3.56. The van der Waals surface area contributed by atoms with Gasteiger partial charge in [0.15, 0.2) is 17.3 Å². The van der Waals surface area contributed by atoms with Crippen LogP contribution in [0, 0.1) is 5.82 Å². The molecule has 2 rings (SSSR count). The van der Waals surface area contributed by atoms with E-state index in [-0.39, 0.29) is 22.6 Å². The Hall–Kier alpha value is -2.63. The van der Waals surface area contributed by atoms with Gasteiger partial charge in [0, 0.05) is 24.4 Å². The molecule has 5 nitrogen and oxygen atoms in total. The first kappa shape index (κ1) is 13.8. The number of nitrogens with zero attached hydrogens (tertiary/aromatic N) is 1. The molecular weight excluding hydrogens is 265 g/mol. The molecule has 20 heavy (non-hydrogen) atoms. The van der Waals surface area contributed by atoms with Crippen LogP contribution < -0.4 is 4.74 Å². The van der Waals surface area contributed by atoms with Crippen molar-refractivity contribution < 1.29 is 23.8 Å². The van der Waals surface area contributed by atoms with E-state index >= 15 is 0 Å². The second-order valence-corrected chi connectivity index (χ2v) is 4.21. The molecule has 0 bridgehead atoms. The van der Waals surface area contributed by atoms with E-state index in [9.17, 15) is 14.0 Å². The van der Waals surface area contributed by atoms with Gasteiger partial charge in [-0.3, -0.25) is 4.79 Å². The van der Waals surface area contributed by atoms with Crippen LogP contribution in [-0.2, 0) is 7.05 Å². The maximum Gasteiger partial charge on any atom is 0.352 e. The summed E-state index contributed by atoms with van der Waals surface area (Å²) in [5.74, 6) is -2.18. The van der Waals surface area contributed by atoms with Crippen molar-refractivity contribution >= 4 is 11.8 Å². The Labute approximate surface area is 114 Å². The lowest BCUT2D eigenvalue weighted by Gasteiger charge is -2.03. The second kappa shape index (κ2) is 5.16. The van der Waals surface area contributed by atoms with E-state index in [1.54, 1.807) is 0 Å². The fourth-order valence-corrected chi connectivity index (χ4v) is 1.88. The lowest BCUT2D eigenvalue weighted by molar-refractivity contribution is 0.0686. The molecule has 0 amide bonds. The van der Waals surface area contributed by atoms with Gasteiger partial charge in [0.2, 0.25) is 0 Å². The minimum Gasteiger partial charge on any atom is -0.494 e. The number of carboxylic acids is 1. The molecule has 0 saturated heterocycles. The maximum absolute atomic E-state index is 13.6. The van der Waals surface area contributed by atoms with E-state index in [0.29, 0.717) is 0 Å². The highest BCUT2D eigenvalue weighted by molar-refractivity contribution is 6.10. The van der Waals surface area contributed by atoms with Crippen molar-refractivity contribution in [1.82, 2.24) is 4.57 Å². The van der Waals surface area contributed by atoms with Crippen LogP contribution in [0.25, 0.3) is 0 Å². The molecule has 1 aromatic carbocycles. The number of halogens is 1. The molecule has 0 radical (unpaired) electrons. The Morgan fingerprint density at radius 1 is 1.25 bits per heavy atom. The van der Waals surface area contributed by atoms with Crippen molar-refractivity contribution in [1.29, 1.82) is 0 Å². The van der Waals surface area contributed by atoms with Crippen LogP contribution in [0.5, 0.6) is 5.75 Å². The first-order chi connectivity index (χ1) is 9.43. The highest BCUT2D eigenvalue weighted by Gasteiger charge is 2.17. The van der Waals surface area contributed by atoms with Gasteiger partial charge >= 0.3 is 5.97 Å². The summed E-state index contributed by atoms with van der Waals surface area (Å²) >= 11 is 0. The molecule has 0 saturated carbocycles. The summed E-state index contributed by atoms with van der Waals surface area (Å²) in [5, 5.41) is 8.94. The number of carboxylic acid groups (broad SMARTS) is 1. The highest BCUT2D eigenvalue weighted by Crippen LogP contribution is 2.20. The SMILES string of the molecule is COc1ccc(C(=O)c2cc(C(=O)O)n(C)c2)cc1F. The van der Waals surface area contributed by atoms with E-state index in [1.807, 2.05) is 0 Å². The summed E-state index contributed by atoms with van der Waals surface area (Å²) in [4.78, 5) is 23.1. The van der Waals surface area contributed by atoms with Gasteiger partial charge in [-0.05, 0) is 24.3 Å². The number of methoxy groups -OCH3 is 1. The van der Waals surface area contributed by atoms with Gasteiger partial charge in [0.05, 0.1) is 7.11 Å². The number of aromatic nitrogens is 1. The zero-order valence-electron chi connectivity index (χ0n) is 10.9. The quantitative estimate of drug-likeness (QED) is 0.869. The van der Waals surface area contributed by atoms with Gasteiger partial charge in [-0.25, -0.2) is 9.18 Å². The number of aryl methyl sites for hydroxylation is 1. The van der Waals surface area contributed by atoms with Gasteiger partial charge in [-0.1, -0.05) is 0 Å². The van der Waals surface area contributed by atoms with Crippen molar-refractivity contribution in [2.24, 2.45) is 7.05 Å². The molecule has 0 aliphatic heterocycles. The molecule has 0 unspecified atom stereocenters. The van der Waals surface area contributed by atoms with Crippen molar-refractivity contribution in [3.63, 3.8) is 0 Å². The van der Waals surface area contributed by atoms with Crippen molar-refractivity contribution in [3.8, 4) is 5.75 Å². The topological polar surface area (TPSA) is 68.5 Å². The summed E-state index contributed by atoms with van der Waals surface area (Å²) in [7, 11) is 2.85. The summed E-state index contributed by atoms with van der Waals surface area (Å²) in [5.41, 5.74) is 0.308. The van der Waals surface area contributed by atoms with E-state index in [2.05, 4.69) is 0 Å². The molecule has 0 fully saturated rings. The second-order valence-electron chi connectivity index (χ2n) is 4.21. The molecular formula is C14H12FNO4. The predicted octanol–water partition coefficient (Wildman–Crippen LogP) is 2.10. The summed E-state index contributed by atoms with van der Waals surface area (Å²) in [6.07, 6.45) is 1.40. The van der Waals surface area contributed by atoms with Crippen LogP contribution >= 0.6 is 0 Å². The zero-order valence-corrected chi connectivity index (χ0v) is 10.9. The summed E-state index contributed by atoms with van der Waals surface area (Å²) < 4.78 is 19.7. The number of ketones is 1. The molecule has 1 heterocycles. The maximum atomic E-state index is 13.6. The van der Waals surface area contributed by atoms with E-state index in [4.69, 9.17) is 9.84 Å². The molecule has 0 aliphatic rings. The minimum absolute atomic E-state index is 0.0117. The van der Waals surface area contributed by atoms with Crippen molar-refractivity contribution in [2.45, 2.75) is 0 Å². The van der Waals surface area contributed by atoms with Gasteiger partial charge in [-0.15, -0.1) is 0 Å². The Balaban J connectivity index is 2.38. The van der Waals surface area contributed by atoms with Crippen LogP contribution in [0.2, 0.25) is 0 Å². The Morgan fingerprint density at radius 3 is 2.45 bits per heavy atom. The highest BCUT2D eigenvalue weighted by atomic mass is 19.1. The smallest absolute Gasteiger partial charge is 0.352 e. The predicted molar refractivity (Wildman–Crippen MR) is 68.8 cm³/mol. The first-order valence-electron chi connectivity index (χ1n) is 5.72.